The maximum absolute atomic E-state index is 12.5. The van der Waals surface area contributed by atoms with E-state index >= 15 is 0 Å². The molecule has 0 aliphatic carbocycles. The molecule has 0 atom stereocenters. The smallest absolute Gasteiger partial charge is 0.247 e. The Kier molecular flexibility index (Phi) is 4.57. The zero-order valence-electron chi connectivity index (χ0n) is 10.5. The van der Waals surface area contributed by atoms with Crippen LogP contribution in [0.1, 0.15) is 32.2 Å². The molecule has 98 valence electrons. The monoisotopic (exact) mass is 279 g/mol. The summed E-state index contributed by atoms with van der Waals surface area (Å²) in [7, 11) is -3.53. The molecule has 1 aromatic rings. The van der Waals surface area contributed by atoms with Gasteiger partial charge in [0.1, 0.15) is 4.90 Å². The van der Waals surface area contributed by atoms with E-state index < -0.39 is 10.0 Å². The molecule has 1 aromatic heterocycles. The van der Waals surface area contributed by atoms with E-state index in [1.54, 1.807) is 6.92 Å². The Bertz CT molecular complexity index is 482. The lowest BCUT2D eigenvalue weighted by molar-refractivity contribution is 0.368. The van der Waals surface area contributed by atoms with Crippen molar-refractivity contribution >= 4 is 21.6 Å². The van der Waals surface area contributed by atoms with Gasteiger partial charge >= 0.3 is 0 Å². The SMILES string of the molecule is CCN(C(C)C)S(=O)(=O)c1c(CCl)n[nH]c1C. The maximum atomic E-state index is 12.5. The average molecular weight is 280 g/mol. The molecule has 0 aliphatic rings. The molecule has 0 aliphatic heterocycles. The van der Waals surface area contributed by atoms with Gasteiger partial charge in [-0.25, -0.2) is 8.42 Å². The van der Waals surface area contributed by atoms with Crippen LogP contribution < -0.4 is 0 Å². The lowest BCUT2D eigenvalue weighted by Crippen LogP contribution is -2.37. The van der Waals surface area contributed by atoms with Gasteiger partial charge in [-0.15, -0.1) is 11.6 Å². The topological polar surface area (TPSA) is 66.1 Å². The van der Waals surface area contributed by atoms with E-state index in [1.165, 1.54) is 4.31 Å². The predicted molar refractivity (Wildman–Crippen MR) is 67.6 cm³/mol. The number of aromatic nitrogens is 2. The fraction of sp³-hybridized carbons (Fsp3) is 0.700. The van der Waals surface area contributed by atoms with Crippen molar-refractivity contribution in [3.8, 4) is 0 Å². The van der Waals surface area contributed by atoms with Gasteiger partial charge in [0.05, 0.1) is 17.3 Å². The molecule has 0 unspecified atom stereocenters. The number of alkyl halides is 1. The molecule has 0 amide bonds. The first kappa shape index (κ1) is 14.5. The molecule has 1 rings (SSSR count). The van der Waals surface area contributed by atoms with E-state index in [4.69, 9.17) is 11.6 Å². The Morgan fingerprint density at radius 1 is 1.47 bits per heavy atom. The van der Waals surface area contributed by atoms with Crippen LogP contribution in [0.4, 0.5) is 0 Å². The van der Waals surface area contributed by atoms with Crippen LogP contribution in [-0.4, -0.2) is 35.5 Å². The first-order chi connectivity index (χ1) is 7.86. The molecule has 1 N–H and O–H groups in total. The number of sulfonamides is 1. The third-order valence-corrected chi connectivity index (χ3v) is 5.15. The van der Waals surface area contributed by atoms with Gasteiger partial charge in [-0.3, -0.25) is 5.10 Å². The highest BCUT2D eigenvalue weighted by atomic mass is 35.5. The molecular weight excluding hydrogens is 262 g/mol. The highest BCUT2D eigenvalue weighted by Crippen LogP contribution is 2.24. The summed E-state index contributed by atoms with van der Waals surface area (Å²) < 4.78 is 26.4. The zero-order chi connectivity index (χ0) is 13.2. The number of H-pyrrole nitrogens is 1. The number of rotatable bonds is 5. The highest BCUT2D eigenvalue weighted by molar-refractivity contribution is 7.89. The van der Waals surface area contributed by atoms with Crippen molar-refractivity contribution in [2.75, 3.05) is 6.54 Å². The minimum absolute atomic E-state index is 0.0779. The Morgan fingerprint density at radius 2 is 2.06 bits per heavy atom. The predicted octanol–water partition coefficient (Wildman–Crippen LogP) is 1.88. The van der Waals surface area contributed by atoms with Crippen LogP contribution in [0, 0.1) is 6.92 Å². The van der Waals surface area contributed by atoms with Gasteiger partial charge in [0.2, 0.25) is 10.0 Å². The van der Waals surface area contributed by atoms with Crippen LogP contribution in [0.5, 0.6) is 0 Å². The summed E-state index contributed by atoms with van der Waals surface area (Å²) in [4.78, 5) is 0.211. The first-order valence-electron chi connectivity index (χ1n) is 5.47. The molecule has 0 aromatic carbocycles. The maximum Gasteiger partial charge on any atom is 0.247 e. The van der Waals surface area contributed by atoms with Gasteiger partial charge in [-0.2, -0.15) is 9.40 Å². The fourth-order valence-electron chi connectivity index (χ4n) is 1.83. The number of hydrogen-bond acceptors (Lipinski definition) is 3. The summed E-state index contributed by atoms with van der Waals surface area (Å²) >= 11 is 5.71. The first-order valence-corrected chi connectivity index (χ1v) is 7.45. The lowest BCUT2D eigenvalue weighted by Gasteiger charge is -2.24. The van der Waals surface area contributed by atoms with E-state index in [-0.39, 0.29) is 16.8 Å². The minimum atomic E-state index is -3.53. The van der Waals surface area contributed by atoms with Crippen LogP contribution in [-0.2, 0) is 15.9 Å². The molecule has 0 fully saturated rings. The second kappa shape index (κ2) is 5.37. The largest absolute Gasteiger partial charge is 0.281 e. The van der Waals surface area contributed by atoms with Crippen LogP contribution in [0.15, 0.2) is 4.90 Å². The van der Waals surface area contributed by atoms with Crippen LogP contribution >= 0.6 is 11.6 Å². The Hall–Kier alpha value is -0.590. The quantitative estimate of drug-likeness (QED) is 0.837. The molecule has 0 bridgehead atoms. The molecule has 7 heteroatoms. The molecular formula is C10H18ClN3O2S. The molecule has 0 radical (unpaired) electrons. The molecule has 0 saturated carbocycles. The minimum Gasteiger partial charge on any atom is -0.281 e. The summed E-state index contributed by atoms with van der Waals surface area (Å²) in [6.07, 6.45) is 0. The Morgan fingerprint density at radius 3 is 2.47 bits per heavy atom. The van der Waals surface area contributed by atoms with Crippen LogP contribution in [0.25, 0.3) is 0 Å². The second-order valence-corrected chi connectivity index (χ2v) is 6.15. The van der Waals surface area contributed by atoms with Crippen molar-refractivity contribution in [1.82, 2.24) is 14.5 Å². The number of nitrogens with zero attached hydrogens (tertiary/aromatic N) is 2. The molecule has 1 heterocycles. The average Bonchev–Trinajstić information content (AvgIpc) is 2.59. The number of nitrogens with one attached hydrogen (secondary N) is 1. The van der Waals surface area contributed by atoms with E-state index in [2.05, 4.69) is 10.2 Å². The lowest BCUT2D eigenvalue weighted by atomic mass is 10.4. The van der Waals surface area contributed by atoms with E-state index in [1.807, 2.05) is 20.8 Å². The van der Waals surface area contributed by atoms with Crippen LogP contribution in [0.3, 0.4) is 0 Å². The fourth-order valence-corrected chi connectivity index (χ4v) is 4.08. The molecule has 5 nitrogen and oxygen atoms in total. The summed E-state index contributed by atoms with van der Waals surface area (Å²) in [5.74, 6) is 0.0779. The number of aryl methyl sites for hydroxylation is 1. The zero-order valence-corrected chi connectivity index (χ0v) is 12.1. The van der Waals surface area contributed by atoms with E-state index in [0.29, 0.717) is 17.9 Å². The van der Waals surface area contributed by atoms with Crippen molar-refractivity contribution in [3.05, 3.63) is 11.4 Å². The van der Waals surface area contributed by atoms with Crippen molar-refractivity contribution in [2.45, 2.75) is 44.5 Å². The van der Waals surface area contributed by atoms with Crippen molar-refractivity contribution in [3.63, 3.8) is 0 Å². The summed E-state index contributed by atoms with van der Waals surface area (Å²) in [5, 5.41) is 6.59. The third kappa shape index (κ3) is 2.64. The van der Waals surface area contributed by atoms with E-state index in [0.717, 1.165) is 0 Å². The summed E-state index contributed by atoms with van der Waals surface area (Å²) in [6.45, 7) is 7.61. The van der Waals surface area contributed by atoms with Crippen molar-refractivity contribution < 1.29 is 8.42 Å². The Labute approximate surface area is 107 Å². The Balaban J connectivity index is 3.34. The summed E-state index contributed by atoms with van der Waals surface area (Å²) in [6, 6.07) is -0.0949. The number of halogens is 1. The van der Waals surface area contributed by atoms with Gasteiger partial charge in [0.25, 0.3) is 0 Å². The highest BCUT2D eigenvalue weighted by Gasteiger charge is 2.31. The van der Waals surface area contributed by atoms with Gasteiger partial charge < -0.3 is 0 Å². The molecule has 0 spiro atoms. The number of aromatic amines is 1. The van der Waals surface area contributed by atoms with Gasteiger partial charge in [-0.1, -0.05) is 6.92 Å². The number of hydrogen-bond donors (Lipinski definition) is 1. The molecule has 17 heavy (non-hydrogen) atoms. The van der Waals surface area contributed by atoms with Gasteiger partial charge in [-0.05, 0) is 20.8 Å². The van der Waals surface area contributed by atoms with Gasteiger partial charge in [0.15, 0.2) is 0 Å². The third-order valence-electron chi connectivity index (χ3n) is 2.54. The van der Waals surface area contributed by atoms with E-state index in [9.17, 15) is 8.42 Å². The van der Waals surface area contributed by atoms with Crippen molar-refractivity contribution in [1.29, 1.82) is 0 Å². The molecule has 0 saturated heterocycles. The normalized spacial score (nSPS) is 12.6. The standard InChI is InChI=1S/C10H18ClN3O2S/c1-5-14(7(2)3)17(15,16)10-8(4)12-13-9(10)6-11/h7H,5-6H2,1-4H3,(H,12,13). The van der Waals surface area contributed by atoms with Crippen molar-refractivity contribution in [2.24, 2.45) is 0 Å². The van der Waals surface area contributed by atoms with Crippen LogP contribution in [0.2, 0.25) is 0 Å². The van der Waals surface area contributed by atoms with Gasteiger partial charge in [0, 0.05) is 12.6 Å². The second-order valence-electron chi connectivity index (χ2n) is 4.06. The summed E-state index contributed by atoms with van der Waals surface area (Å²) in [5.41, 5.74) is 0.906.